The van der Waals surface area contributed by atoms with E-state index < -0.39 is 0 Å². The van der Waals surface area contributed by atoms with Crippen LogP contribution >= 0.6 is 11.6 Å². The van der Waals surface area contributed by atoms with Gasteiger partial charge in [0.25, 0.3) is 0 Å². The first-order chi connectivity index (χ1) is 15.5. The van der Waals surface area contributed by atoms with Gasteiger partial charge in [-0.05, 0) is 66.6 Å². The van der Waals surface area contributed by atoms with Crippen LogP contribution in [0.5, 0.6) is 0 Å². The highest BCUT2D eigenvalue weighted by Crippen LogP contribution is 2.28. The molecule has 3 N–H and O–H groups in total. The number of anilines is 5. The minimum Gasteiger partial charge on any atom is -0.339 e. The van der Waals surface area contributed by atoms with Crippen LogP contribution in [0.1, 0.15) is 12.5 Å². The highest BCUT2D eigenvalue weighted by Gasteiger charge is 2.08. The zero-order valence-corrected chi connectivity index (χ0v) is 18.4. The molecule has 3 aromatic carbocycles. The lowest BCUT2D eigenvalue weighted by Gasteiger charge is -2.12. The van der Waals surface area contributed by atoms with E-state index >= 15 is 0 Å². The fourth-order valence-corrected chi connectivity index (χ4v) is 3.45. The average molecular weight is 444 g/mol. The Morgan fingerprint density at radius 2 is 1.72 bits per heavy atom. The standard InChI is InChI=1S/C25H22ClN5O/c1-3-6-23(32)28-20-11-16(2)12-21(14-20)30-25-27-15-22(26)24(31-25)29-19-10-9-17-7-4-5-8-18(17)13-19/h3-15H,1-2H3,(H,28,32)(H2,27,29,30,31)/b6-3+. The van der Waals surface area contributed by atoms with Crippen LogP contribution < -0.4 is 16.0 Å². The quantitative estimate of drug-likeness (QED) is 0.293. The molecule has 4 rings (SSSR count). The van der Waals surface area contributed by atoms with Crippen LogP contribution in [0.2, 0.25) is 5.02 Å². The van der Waals surface area contributed by atoms with Crippen LogP contribution in [-0.2, 0) is 4.79 Å². The number of carbonyl (C=O) groups excluding carboxylic acids is 1. The Labute approximate surface area is 191 Å². The molecule has 0 radical (unpaired) electrons. The van der Waals surface area contributed by atoms with Crippen LogP contribution in [0, 0.1) is 6.92 Å². The van der Waals surface area contributed by atoms with E-state index in [0.717, 1.165) is 27.7 Å². The third-order valence-electron chi connectivity index (χ3n) is 4.68. The number of amides is 1. The van der Waals surface area contributed by atoms with Gasteiger partial charge in [-0.15, -0.1) is 0 Å². The van der Waals surface area contributed by atoms with E-state index in [0.29, 0.717) is 22.5 Å². The number of allylic oxidation sites excluding steroid dienone is 1. The smallest absolute Gasteiger partial charge is 0.248 e. The third-order valence-corrected chi connectivity index (χ3v) is 4.95. The molecule has 0 saturated carbocycles. The van der Waals surface area contributed by atoms with Crippen molar-refractivity contribution in [3.05, 3.63) is 89.6 Å². The lowest BCUT2D eigenvalue weighted by Crippen LogP contribution is -2.08. The van der Waals surface area contributed by atoms with Gasteiger partial charge in [0.2, 0.25) is 11.9 Å². The molecule has 1 aromatic heterocycles. The first-order valence-electron chi connectivity index (χ1n) is 10.1. The Hall–Kier alpha value is -3.90. The van der Waals surface area contributed by atoms with Gasteiger partial charge in [-0.25, -0.2) is 4.98 Å². The van der Waals surface area contributed by atoms with Crippen LogP contribution in [0.4, 0.5) is 28.8 Å². The fraction of sp³-hybridized carbons (Fsp3) is 0.0800. The molecule has 160 valence electrons. The largest absolute Gasteiger partial charge is 0.339 e. The summed E-state index contributed by atoms with van der Waals surface area (Å²) in [7, 11) is 0. The molecule has 32 heavy (non-hydrogen) atoms. The molecule has 0 aliphatic heterocycles. The molecular formula is C25H22ClN5O. The van der Waals surface area contributed by atoms with Crippen LogP contribution in [0.15, 0.2) is 79.0 Å². The molecule has 6 nitrogen and oxygen atoms in total. The predicted molar refractivity (Wildman–Crippen MR) is 132 cm³/mol. The van der Waals surface area contributed by atoms with Gasteiger partial charge >= 0.3 is 0 Å². The van der Waals surface area contributed by atoms with E-state index in [2.05, 4.69) is 38.1 Å². The zero-order chi connectivity index (χ0) is 22.5. The van der Waals surface area contributed by atoms with Gasteiger partial charge in [0.15, 0.2) is 5.82 Å². The van der Waals surface area contributed by atoms with Crippen molar-refractivity contribution in [2.75, 3.05) is 16.0 Å². The maximum absolute atomic E-state index is 11.9. The lowest BCUT2D eigenvalue weighted by molar-refractivity contribution is -0.111. The van der Waals surface area contributed by atoms with Gasteiger partial charge in [0.1, 0.15) is 5.02 Å². The minimum atomic E-state index is -0.186. The highest BCUT2D eigenvalue weighted by atomic mass is 35.5. The molecular weight excluding hydrogens is 422 g/mol. The number of rotatable bonds is 6. The van der Waals surface area contributed by atoms with Crippen LogP contribution in [-0.4, -0.2) is 15.9 Å². The van der Waals surface area contributed by atoms with E-state index in [-0.39, 0.29) is 5.91 Å². The number of aryl methyl sites for hydroxylation is 1. The van der Waals surface area contributed by atoms with E-state index in [1.165, 1.54) is 6.08 Å². The second-order valence-electron chi connectivity index (χ2n) is 7.28. The minimum absolute atomic E-state index is 0.186. The first kappa shape index (κ1) is 21.3. The van der Waals surface area contributed by atoms with Crippen LogP contribution in [0.3, 0.4) is 0 Å². The van der Waals surface area contributed by atoms with Gasteiger partial charge in [-0.1, -0.05) is 48.0 Å². The van der Waals surface area contributed by atoms with Crippen molar-refractivity contribution in [3.8, 4) is 0 Å². The summed E-state index contributed by atoms with van der Waals surface area (Å²) in [5.74, 6) is 0.691. The number of carbonyl (C=O) groups is 1. The molecule has 4 aromatic rings. The molecule has 0 spiro atoms. The Morgan fingerprint density at radius 3 is 2.53 bits per heavy atom. The second-order valence-corrected chi connectivity index (χ2v) is 7.69. The number of nitrogens with zero attached hydrogens (tertiary/aromatic N) is 2. The number of benzene rings is 3. The molecule has 0 unspecified atom stereocenters. The summed E-state index contributed by atoms with van der Waals surface area (Å²) in [5, 5.41) is 12.0. The van der Waals surface area contributed by atoms with Crippen molar-refractivity contribution in [3.63, 3.8) is 0 Å². The number of halogens is 1. The van der Waals surface area contributed by atoms with Gasteiger partial charge < -0.3 is 16.0 Å². The third kappa shape index (κ3) is 5.22. The predicted octanol–water partition coefficient (Wildman–Crippen LogP) is 6.59. The van der Waals surface area contributed by atoms with Gasteiger partial charge in [0.05, 0.1) is 6.20 Å². The first-order valence-corrected chi connectivity index (χ1v) is 10.5. The molecule has 0 fully saturated rings. The molecule has 1 heterocycles. The highest BCUT2D eigenvalue weighted by molar-refractivity contribution is 6.32. The Balaban J connectivity index is 1.56. The molecule has 1 amide bonds. The summed E-state index contributed by atoms with van der Waals surface area (Å²) in [6, 6.07) is 19.9. The number of aromatic nitrogens is 2. The van der Waals surface area contributed by atoms with Crippen molar-refractivity contribution < 1.29 is 4.79 Å². The molecule has 0 aliphatic rings. The summed E-state index contributed by atoms with van der Waals surface area (Å²) < 4.78 is 0. The number of nitrogens with one attached hydrogen (secondary N) is 3. The molecule has 0 bridgehead atoms. The lowest BCUT2D eigenvalue weighted by atomic mass is 10.1. The van der Waals surface area contributed by atoms with E-state index in [1.807, 2.05) is 55.5 Å². The van der Waals surface area contributed by atoms with Crippen molar-refractivity contribution in [1.29, 1.82) is 0 Å². The van der Waals surface area contributed by atoms with Crippen molar-refractivity contribution in [2.24, 2.45) is 0 Å². The number of fused-ring (bicyclic) bond motifs is 1. The maximum Gasteiger partial charge on any atom is 0.248 e. The van der Waals surface area contributed by atoms with Gasteiger partial charge in [-0.3, -0.25) is 4.79 Å². The van der Waals surface area contributed by atoms with Gasteiger partial charge in [0, 0.05) is 17.1 Å². The second kappa shape index (κ2) is 9.49. The monoisotopic (exact) mass is 443 g/mol. The summed E-state index contributed by atoms with van der Waals surface area (Å²) in [4.78, 5) is 20.7. The average Bonchev–Trinajstić information content (AvgIpc) is 2.76. The molecule has 0 aliphatic carbocycles. The summed E-state index contributed by atoms with van der Waals surface area (Å²) in [6.07, 6.45) is 4.71. The van der Waals surface area contributed by atoms with Crippen molar-refractivity contribution >= 4 is 57.1 Å². The van der Waals surface area contributed by atoms with Gasteiger partial charge in [-0.2, -0.15) is 4.98 Å². The van der Waals surface area contributed by atoms with E-state index in [9.17, 15) is 4.79 Å². The van der Waals surface area contributed by atoms with E-state index in [1.54, 1.807) is 19.2 Å². The van der Waals surface area contributed by atoms with Crippen molar-refractivity contribution in [1.82, 2.24) is 9.97 Å². The summed E-state index contributed by atoms with van der Waals surface area (Å²) in [6.45, 7) is 3.75. The number of hydrogen-bond donors (Lipinski definition) is 3. The normalized spacial score (nSPS) is 11.0. The van der Waals surface area contributed by atoms with Crippen LogP contribution in [0.25, 0.3) is 10.8 Å². The zero-order valence-electron chi connectivity index (χ0n) is 17.7. The van der Waals surface area contributed by atoms with E-state index in [4.69, 9.17) is 11.6 Å². The van der Waals surface area contributed by atoms with Crippen molar-refractivity contribution in [2.45, 2.75) is 13.8 Å². The Bertz CT molecular complexity index is 1320. The summed E-state index contributed by atoms with van der Waals surface area (Å²) >= 11 is 6.34. The molecule has 0 atom stereocenters. The Morgan fingerprint density at radius 1 is 0.938 bits per heavy atom. The topological polar surface area (TPSA) is 78.9 Å². The number of hydrogen-bond acceptors (Lipinski definition) is 5. The SMILES string of the molecule is C/C=C/C(=O)Nc1cc(C)cc(Nc2ncc(Cl)c(Nc3ccc4ccccc4c3)n2)c1. The summed E-state index contributed by atoms with van der Waals surface area (Å²) in [5.41, 5.74) is 3.29. The fourth-order valence-electron chi connectivity index (χ4n) is 3.31. The Kier molecular flexibility index (Phi) is 6.33. The molecule has 7 heteroatoms. The molecule has 0 saturated heterocycles. The maximum atomic E-state index is 11.9.